The number of hydrogen-bond donors (Lipinski definition) is 2. The van der Waals surface area contributed by atoms with E-state index in [9.17, 15) is 9.90 Å². The van der Waals surface area contributed by atoms with E-state index in [1.54, 1.807) is 0 Å². The number of hydrogen-bond acceptors (Lipinski definition) is 5. The van der Waals surface area contributed by atoms with Crippen LogP contribution in [0.15, 0.2) is 36.7 Å². The van der Waals surface area contributed by atoms with Crippen LogP contribution in [0, 0.1) is 0 Å². The molecule has 1 aromatic heterocycles. The maximum atomic E-state index is 11.6. The number of fused-ring (bicyclic) bond motifs is 1. The minimum Gasteiger partial charge on any atom is -0.389 e. The van der Waals surface area contributed by atoms with Crippen LogP contribution in [0.1, 0.15) is 24.0 Å². The minimum absolute atomic E-state index is 0.0376. The van der Waals surface area contributed by atoms with Gasteiger partial charge in [0, 0.05) is 25.1 Å². The number of nitrogens with zero attached hydrogens (tertiary/aromatic N) is 3. The lowest BCUT2D eigenvalue weighted by Crippen LogP contribution is -2.46. The van der Waals surface area contributed by atoms with Crippen LogP contribution >= 0.6 is 0 Å². The monoisotopic (exact) mass is 324 g/mol. The molecule has 0 atom stereocenters. The fourth-order valence-corrected chi connectivity index (χ4v) is 3.57. The van der Waals surface area contributed by atoms with Crippen molar-refractivity contribution in [3.63, 3.8) is 0 Å². The molecule has 2 N–H and O–H groups in total. The number of anilines is 2. The summed E-state index contributed by atoms with van der Waals surface area (Å²) in [6, 6.07) is 10.1. The van der Waals surface area contributed by atoms with Crippen molar-refractivity contribution >= 4 is 17.5 Å². The summed E-state index contributed by atoms with van der Waals surface area (Å²) in [6.45, 7) is 1.45. The lowest BCUT2D eigenvalue weighted by molar-refractivity contribution is -0.115. The van der Waals surface area contributed by atoms with Crippen LogP contribution in [0.25, 0.3) is 0 Å². The molecule has 1 aromatic carbocycles. The van der Waals surface area contributed by atoms with Crippen LogP contribution in [-0.4, -0.2) is 39.7 Å². The third kappa shape index (κ3) is 2.85. The molecular weight excluding hydrogens is 304 g/mol. The molecule has 0 saturated carbocycles. The van der Waals surface area contributed by atoms with Crippen LogP contribution < -0.4 is 10.2 Å². The molecule has 3 heterocycles. The van der Waals surface area contributed by atoms with Gasteiger partial charge in [-0.25, -0.2) is 9.97 Å². The molecule has 4 rings (SSSR count). The van der Waals surface area contributed by atoms with Gasteiger partial charge >= 0.3 is 0 Å². The van der Waals surface area contributed by atoms with Gasteiger partial charge in [-0.05, 0) is 18.4 Å². The van der Waals surface area contributed by atoms with Crippen molar-refractivity contribution in [2.24, 2.45) is 0 Å². The SMILES string of the molecule is O=C1Cc2c(ncnc2N2CCC(O)(Cc3ccccc3)CC2)N1. The molecule has 6 nitrogen and oxygen atoms in total. The van der Waals surface area contributed by atoms with Crippen LogP contribution in [0.2, 0.25) is 0 Å². The molecule has 0 bridgehead atoms. The average Bonchev–Trinajstić information content (AvgIpc) is 2.96. The van der Waals surface area contributed by atoms with Gasteiger partial charge in [0.25, 0.3) is 0 Å². The fourth-order valence-electron chi connectivity index (χ4n) is 3.57. The third-order valence-corrected chi connectivity index (χ3v) is 4.89. The molecule has 0 unspecified atom stereocenters. The first kappa shape index (κ1) is 15.1. The minimum atomic E-state index is -0.678. The van der Waals surface area contributed by atoms with Gasteiger partial charge in [0.15, 0.2) is 0 Å². The molecule has 124 valence electrons. The first-order valence-corrected chi connectivity index (χ1v) is 8.28. The number of carbonyl (C=O) groups is 1. The second kappa shape index (κ2) is 5.87. The van der Waals surface area contributed by atoms with E-state index in [-0.39, 0.29) is 5.91 Å². The van der Waals surface area contributed by atoms with Gasteiger partial charge in [-0.3, -0.25) is 4.79 Å². The first-order valence-electron chi connectivity index (χ1n) is 8.28. The van der Waals surface area contributed by atoms with Gasteiger partial charge in [0.1, 0.15) is 18.0 Å². The van der Waals surface area contributed by atoms with E-state index in [1.165, 1.54) is 6.33 Å². The standard InChI is InChI=1S/C18H20N4O2/c23-15-10-14-16(21-15)19-12-20-17(14)22-8-6-18(24,7-9-22)11-13-4-2-1-3-5-13/h1-5,12,24H,6-11H2,(H,19,20,21,23). The number of amides is 1. The zero-order valence-electron chi connectivity index (χ0n) is 13.4. The number of rotatable bonds is 3. The summed E-state index contributed by atoms with van der Waals surface area (Å²) < 4.78 is 0. The number of benzene rings is 1. The van der Waals surface area contributed by atoms with Gasteiger partial charge in [-0.1, -0.05) is 30.3 Å². The number of carbonyl (C=O) groups excluding carboxylic acids is 1. The van der Waals surface area contributed by atoms with Crippen LogP contribution in [0.5, 0.6) is 0 Å². The third-order valence-electron chi connectivity index (χ3n) is 4.89. The number of aromatic nitrogens is 2. The molecule has 0 spiro atoms. The summed E-state index contributed by atoms with van der Waals surface area (Å²) >= 11 is 0. The summed E-state index contributed by atoms with van der Waals surface area (Å²) in [4.78, 5) is 22.3. The Morgan fingerprint density at radius 2 is 1.92 bits per heavy atom. The molecule has 1 saturated heterocycles. The highest BCUT2D eigenvalue weighted by molar-refractivity contribution is 5.99. The summed E-state index contributed by atoms with van der Waals surface area (Å²) in [7, 11) is 0. The van der Waals surface area contributed by atoms with Crippen molar-refractivity contribution in [2.75, 3.05) is 23.3 Å². The van der Waals surface area contributed by atoms with E-state index >= 15 is 0 Å². The number of aliphatic hydroxyl groups is 1. The Bertz CT molecular complexity index is 755. The summed E-state index contributed by atoms with van der Waals surface area (Å²) in [6.07, 6.45) is 3.86. The van der Waals surface area contributed by atoms with Crippen LogP contribution in [0.3, 0.4) is 0 Å². The second-order valence-corrected chi connectivity index (χ2v) is 6.62. The highest BCUT2D eigenvalue weighted by Gasteiger charge is 2.34. The van der Waals surface area contributed by atoms with E-state index < -0.39 is 5.60 Å². The molecule has 2 aliphatic heterocycles. The molecule has 2 aliphatic rings. The topological polar surface area (TPSA) is 78.4 Å². The highest BCUT2D eigenvalue weighted by atomic mass is 16.3. The zero-order valence-corrected chi connectivity index (χ0v) is 13.4. The number of piperidine rings is 1. The smallest absolute Gasteiger partial charge is 0.230 e. The quantitative estimate of drug-likeness (QED) is 0.895. The molecule has 6 heteroatoms. The van der Waals surface area contributed by atoms with Crippen molar-refractivity contribution in [2.45, 2.75) is 31.3 Å². The normalized spacial score (nSPS) is 19.0. The Morgan fingerprint density at radius 3 is 2.67 bits per heavy atom. The Balaban J connectivity index is 1.47. The van der Waals surface area contributed by atoms with Crippen molar-refractivity contribution in [3.05, 3.63) is 47.8 Å². The largest absolute Gasteiger partial charge is 0.389 e. The molecule has 1 amide bonds. The summed E-state index contributed by atoms with van der Waals surface area (Å²) in [5.41, 5.74) is 1.35. The van der Waals surface area contributed by atoms with E-state index in [0.29, 0.717) is 31.5 Å². The Morgan fingerprint density at radius 1 is 1.17 bits per heavy atom. The van der Waals surface area contributed by atoms with Crippen LogP contribution in [0.4, 0.5) is 11.6 Å². The fraction of sp³-hybridized carbons (Fsp3) is 0.389. The average molecular weight is 324 g/mol. The highest BCUT2D eigenvalue weighted by Crippen LogP contribution is 2.33. The van der Waals surface area contributed by atoms with Gasteiger partial charge in [-0.2, -0.15) is 0 Å². The predicted octanol–water partition coefficient (Wildman–Crippen LogP) is 1.55. The van der Waals surface area contributed by atoms with E-state index in [4.69, 9.17) is 0 Å². The van der Waals surface area contributed by atoms with E-state index in [0.717, 1.165) is 30.0 Å². The molecule has 2 aromatic rings. The Kier molecular flexibility index (Phi) is 3.69. The van der Waals surface area contributed by atoms with Gasteiger partial charge in [0.2, 0.25) is 5.91 Å². The van der Waals surface area contributed by atoms with Crippen molar-refractivity contribution in [1.29, 1.82) is 0 Å². The maximum Gasteiger partial charge on any atom is 0.230 e. The summed E-state index contributed by atoms with van der Waals surface area (Å²) in [5.74, 6) is 1.40. The van der Waals surface area contributed by atoms with Gasteiger partial charge < -0.3 is 15.3 Å². The molecule has 0 radical (unpaired) electrons. The molecule has 1 fully saturated rings. The lowest BCUT2D eigenvalue weighted by atomic mass is 9.85. The maximum absolute atomic E-state index is 11.6. The predicted molar refractivity (Wildman–Crippen MR) is 90.9 cm³/mol. The van der Waals surface area contributed by atoms with E-state index in [1.807, 2.05) is 18.2 Å². The Labute approximate surface area is 140 Å². The first-order chi connectivity index (χ1) is 11.6. The summed E-state index contributed by atoms with van der Waals surface area (Å²) in [5, 5.41) is 13.7. The lowest BCUT2D eigenvalue weighted by Gasteiger charge is -2.39. The van der Waals surface area contributed by atoms with Crippen molar-refractivity contribution in [3.8, 4) is 0 Å². The van der Waals surface area contributed by atoms with Gasteiger partial charge in [0.05, 0.1) is 12.0 Å². The van der Waals surface area contributed by atoms with E-state index in [2.05, 4.69) is 32.3 Å². The molecule has 0 aliphatic carbocycles. The molecular formula is C18H20N4O2. The van der Waals surface area contributed by atoms with Crippen molar-refractivity contribution < 1.29 is 9.90 Å². The second-order valence-electron chi connectivity index (χ2n) is 6.62. The molecule has 24 heavy (non-hydrogen) atoms. The van der Waals surface area contributed by atoms with Gasteiger partial charge in [-0.15, -0.1) is 0 Å². The zero-order chi connectivity index (χ0) is 16.6. The number of nitrogens with one attached hydrogen (secondary N) is 1. The van der Waals surface area contributed by atoms with Crippen LogP contribution in [-0.2, 0) is 17.6 Å². The van der Waals surface area contributed by atoms with Crippen molar-refractivity contribution in [1.82, 2.24) is 9.97 Å². The Hall–Kier alpha value is -2.47.